The van der Waals surface area contributed by atoms with Crippen molar-refractivity contribution in [3.8, 4) is 5.88 Å². The molecule has 0 fully saturated rings. The van der Waals surface area contributed by atoms with Crippen LogP contribution in [0.3, 0.4) is 0 Å². The summed E-state index contributed by atoms with van der Waals surface area (Å²) >= 11 is 12.5. The lowest BCUT2D eigenvalue weighted by atomic mass is 10.0. The number of ether oxygens (including phenoxy) is 3. The number of carbonyl (C=O) groups excluding carboxylic acids is 2. The van der Waals surface area contributed by atoms with Crippen LogP contribution in [0, 0.1) is 13.8 Å². The van der Waals surface area contributed by atoms with E-state index in [2.05, 4.69) is 5.10 Å². The van der Waals surface area contributed by atoms with Gasteiger partial charge in [-0.15, -0.1) is 0 Å². The molecule has 9 heteroatoms. The van der Waals surface area contributed by atoms with Crippen molar-refractivity contribution in [2.24, 2.45) is 7.05 Å². The first-order valence-electron chi connectivity index (χ1n) is 8.07. The summed E-state index contributed by atoms with van der Waals surface area (Å²) < 4.78 is 16.6. The van der Waals surface area contributed by atoms with Gasteiger partial charge in [-0.05, 0) is 31.0 Å². The lowest BCUT2D eigenvalue weighted by molar-refractivity contribution is -0.147. The number of carbonyl (C=O) groups is 2. The Balaban J connectivity index is 2.23. The first-order chi connectivity index (χ1) is 12.8. The predicted molar refractivity (Wildman–Crippen MR) is 101 cm³/mol. The molecule has 1 aromatic heterocycles. The number of nitrogens with zero attached hydrogens (tertiary/aromatic N) is 2. The van der Waals surface area contributed by atoms with E-state index in [0.29, 0.717) is 10.6 Å². The van der Waals surface area contributed by atoms with Crippen LogP contribution in [0.25, 0.3) is 0 Å². The fourth-order valence-corrected chi connectivity index (χ4v) is 2.84. The van der Waals surface area contributed by atoms with Crippen LogP contribution in [0.1, 0.15) is 27.0 Å². The number of rotatable bonds is 8. The van der Waals surface area contributed by atoms with Crippen LogP contribution in [0.5, 0.6) is 5.88 Å². The van der Waals surface area contributed by atoms with Crippen LogP contribution >= 0.6 is 23.2 Å². The van der Waals surface area contributed by atoms with Gasteiger partial charge in [0.05, 0.1) is 17.8 Å². The number of halogens is 2. The Morgan fingerprint density at radius 2 is 1.85 bits per heavy atom. The van der Waals surface area contributed by atoms with Gasteiger partial charge in [0, 0.05) is 24.7 Å². The molecule has 0 bridgehead atoms. The van der Waals surface area contributed by atoms with Crippen LogP contribution in [-0.4, -0.2) is 48.5 Å². The van der Waals surface area contributed by atoms with E-state index in [-0.39, 0.29) is 47.6 Å². The van der Waals surface area contributed by atoms with Crippen molar-refractivity contribution in [3.63, 3.8) is 0 Å². The zero-order valence-electron chi connectivity index (χ0n) is 15.5. The third-order valence-electron chi connectivity index (χ3n) is 3.85. The number of ketones is 1. The third-order valence-corrected chi connectivity index (χ3v) is 4.92. The molecule has 0 spiro atoms. The minimum Gasteiger partial charge on any atom is -0.465 e. The average Bonchev–Trinajstić information content (AvgIpc) is 3.01. The number of hydrogen-bond acceptors (Lipinski definition) is 6. The van der Waals surface area contributed by atoms with Gasteiger partial charge < -0.3 is 14.2 Å². The largest absolute Gasteiger partial charge is 0.465 e. The molecule has 27 heavy (non-hydrogen) atoms. The quantitative estimate of drug-likeness (QED) is 0.375. The second-order valence-corrected chi connectivity index (χ2v) is 6.57. The molecule has 146 valence electrons. The highest BCUT2D eigenvalue weighted by molar-refractivity contribution is 6.39. The van der Waals surface area contributed by atoms with Crippen LogP contribution in [0.15, 0.2) is 12.3 Å². The van der Waals surface area contributed by atoms with Crippen molar-refractivity contribution in [2.75, 3.05) is 26.9 Å². The maximum atomic E-state index is 13.0. The Morgan fingerprint density at radius 1 is 1.15 bits per heavy atom. The predicted octanol–water partition coefficient (Wildman–Crippen LogP) is 3.14. The molecule has 0 unspecified atom stereocenters. The van der Waals surface area contributed by atoms with Crippen molar-refractivity contribution >= 4 is 35.0 Å². The highest BCUT2D eigenvalue weighted by Gasteiger charge is 2.24. The fourth-order valence-electron chi connectivity index (χ4n) is 2.41. The molecular weight excluding hydrogens is 395 g/mol. The van der Waals surface area contributed by atoms with E-state index in [4.69, 9.17) is 37.4 Å². The number of aryl methyl sites for hydroxylation is 2. The molecule has 0 amide bonds. The molecule has 0 aliphatic heterocycles. The number of aromatic nitrogens is 2. The number of hydrogen-bond donors (Lipinski definition) is 0. The molecule has 0 aliphatic rings. The van der Waals surface area contributed by atoms with Gasteiger partial charge in [0.1, 0.15) is 12.2 Å². The average molecular weight is 415 g/mol. The Bertz CT molecular complexity index is 864. The highest BCUT2D eigenvalue weighted by Crippen LogP contribution is 2.33. The van der Waals surface area contributed by atoms with Gasteiger partial charge in [-0.1, -0.05) is 23.2 Å². The van der Waals surface area contributed by atoms with Gasteiger partial charge in [-0.25, -0.2) is 9.48 Å². The van der Waals surface area contributed by atoms with E-state index >= 15 is 0 Å². The lowest BCUT2D eigenvalue weighted by Gasteiger charge is -2.12. The van der Waals surface area contributed by atoms with Gasteiger partial charge in [0.2, 0.25) is 11.7 Å². The first kappa shape index (κ1) is 21.2. The molecule has 0 saturated heterocycles. The summed E-state index contributed by atoms with van der Waals surface area (Å²) in [6.07, 6.45) is 1.36. The maximum absolute atomic E-state index is 13.0. The Hall–Kier alpha value is -2.09. The number of benzene rings is 1. The van der Waals surface area contributed by atoms with Crippen molar-refractivity contribution in [2.45, 2.75) is 13.8 Å². The van der Waals surface area contributed by atoms with E-state index in [9.17, 15) is 9.59 Å². The molecule has 0 aliphatic carbocycles. The summed E-state index contributed by atoms with van der Waals surface area (Å²) in [7, 11) is 3.10. The third kappa shape index (κ3) is 4.80. The lowest BCUT2D eigenvalue weighted by Crippen LogP contribution is -2.19. The van der Waals surface area contributed by atoms with Crippen LogP contribution < -0.4 is 4.74 Å². The standard InChI is InChI=1S/C18H20Cl2N2O5/c1-10-7-12(16(20)11(2)15(10)19)17(24)13-8-21-22(3)18(13)27-9-14(23)26-6-5-25-4/h7-8H,5-6,9H2,1-4H3. The summed E-state index contributed by atoms with van der Waals surface area (Å²) in [4.78, 5) is 24.7. The molecule has 0 saturated carbocycles. The van der Waals surface area contributed by atoms with Gasteiger partial charge in [0.25, 0.3) is 0 Å². The van der Waals surface area contributed by atoms with Crippen molar-refractivity contribution in [1.29, 1.82) is 0 Å². The van der Waals surface area contributed by atoms with Crippen molar-refractivity contribution in [3.05, 3.63) is 44.6 Å². The molecule has 1 aromatic carbocycles. The van der Waals surface area contributed by atoms with Crippen LogP contribution in [0.2, 0.25) is 10.0 Å². The normalized spacial score (nSPS) is 10.7. The molecule has 7 nitrogen and oxygen atoms in total. The highest BCUT2D eigenvalue weighted by atomic mass is 35.5. The van der Waals surface area contributed by atoms with E-state index in [1.165, 1.54) is 18.0 Å². The topological polar surface area (TPSA) is 79.7 Å². The second kappa shape index (κ2) is 9.21. The van der Waals surface area contributed by atoms with Crippen LogP contribution in [-0.2, 0) is 21.3 Å². The van der Waals surface area contributed by atoms with Crippen LogP contribution in [0.4, 0.5) is 0 Å². The molecular formula is C18H20Cl2N2O5. The minimum atomic E-state index is -0.581. The zero-order chi connectivity index (χ0) is 20.1. The monoisotopic (exact) mass is 414 g/mol. The summed E-state index contributed by atoms with van der Waals surface area (Å²) in [5.41, 5.74) is 1.83. The summed E-state index contributed by atoms with van der Waals surface area (Å²) in [6, 6.07) is 1.62. The summed E-state index contributed by atoms with van der Waals surface area (Å²) in [5, 5.41) is 4.82. The van der Waals surface area contributed by atoms with Gasteiger partial charge in [0.15, 0.2) is 6.61 Å². The second-order valence-electron chi connectivity index (χ2n) is 5.81. The fraction of sp³-hybridized carbons (Fsp3) is 0.389. The number of esters is 1. The van der Waals surface area contributed by atoms with Gasteiger partial charge >= 0.3 is 5.97 Å². The van der Waals surface area contributed by atoms with Gasteiger partial charge in [-0.3, -0.25) is 4.79 Å². The van der Waals surface area contributed by atoms with Crippen molar-refractivity contribution in [1.82, 2.24) is 9.78 Å². The molecule has 0 radical (unpaired) electrons. The Morgan fingerprint density at radius 3 is 2.52 bits per heavy atom. The smallest absolute Gasteiger partial charge is 0.344 e. The SMILES string of the molecule is COCCOC(=O)COc1c(C(=O)c2cc(C)c(Cl)c(C)c2Cl)cnn1C. The molecule has 2 aromatic rings. The van der Waals surface area contributed by atoms with E-state index in [1.807, 2.05) is 0 Å². The van der Waals surface area contributed by atoms with E-state index in [0.717, 1.165) is 5.56 Å². The molecule has 1 heterocycles. The van der Waals surface area contributed by atoms with Crippen molar-refractivity contribution < 1.29 is 23.8 Å². The van der Waals surface area contributed by atoms with Gasteiger partial charge in [-0.2, -0.15) is 5.10 Å². The maximum Gasteiger partial charge on any atom is 0.344 e. The first-order valence-corrected chi connectivity index (χ1v) is 8.82. The minimum absolute atomic E-state index is 0.120. The summed E-state index contributed by atoms with van der Waals surface area (Å²) in [6.45, 7) is 3.57. The van der Waals surface area contributed by atoms with E-state index in [1.54, 1.807) is 27.0 Å². The Kier molecular flexibility index (Phi) is 7.24. The summed E-state index contributed by atoms with van der Waals surface area (Å²) in [5.74, 6) is -0.813. The molecule has 2 rings (SSSR count). The molecule has 0 atom stereocenters. The van der Waals surface area contributed by atoms with E-state index < -0.39 is 5.97 Å². The number of methoxy groups -OCH3 is 1. The molecule has 0 N–H and O–H groups in total. The Labute approximate surface area is 167 Å². The zero-order valence-corrected chi connectivity index (χ0v) is 17.0.